The summed E-state index contributed by atoms with van der Waals surface area (Å²) in [5.41, 5.74) is -0.461. The van der Waals surface area contributed by atoms with Crippen molar-refractivity contribution in [2.24, 2.45) is 5.41 Å². The minimum absolute atomic E-state index is 0.0642. The smallest absolute Gasteiger partial charge is 0.235 e. The van der Waals surface area contributed by atoms with Crippen LogP contribution in [-0.4, -0.2) is 23.3 Å². The number of carbonyl (C=O) groups excluding carboxylic acids is 2. The Morgan fingerprint density at radius 3 is 2.83 bits per heavy atom. The van der Waals surface area contributed by atoms with Gasteiger partial charge in [-0.3, -0.25) is 14.5 Å². The molecule has 0 aliphatic carbocycles. The Labute approximate surface area is 109 Å². The Bertz CT molecular complexity index is 384. The van der Waals surface area contributed by atoms with E-state index in [1.54, 1.807) is 24.3 Å². The van der Waals surface area contributed by atoms with Crippen molar-refractivity contribution in [1.29, 1.82) is 0 Å². The zero-order chi connectivity index (χ0) is 13.6. The molecule has 1 aliphatic heterocycles. The Morgan fingerprint density at radius 1 is 1.50 bits per heavy atom. The topological polar surface area (TPSA) is 37.4 Å². The molecule has 0 N–H and O–H groups in total. The van der Waals surface area contributed by atoms with Gasteiger partial charge in [-0.25, -0.2) is 0 Å². The van der Waals surface area contributed by atoms with Gasteiger partial charge >= 0.3 is 0 Å². The van der Waals surface area contributed by atoms with Gasteiger partial charge in [0.15, 0.2) is 0 Å². The third-order valence-corrected chi connectivity index (χ3v) is 3.33. The van der Waals surface area contributed by atoms with E-state index in [4.69, 9.17) is 0 Å². The summed E-state index contributed by atoms with van der Waals surface area (Å²) in [5.74, 6) is -0.196. The number of carbonyl (C=O) groups is 2. The maximum absolute atomic E-state index is 12.3. The van der Waals surface area contributed by atoms with Crippen LogP contribution in [-0.2, 0) is 9.59 Å². The molecule has 2 amide bonds. The van der Waals surface area contributed by atoms with Gasteiger partial charge < -0.3 is 0 Å². The molecule has 1 aliphatic rings. The van der Waals surface area contributed by atoms with Gasteiger partial charge in [0.05, 0.1) is 5.41 Å². The van der Waals surface area contributed by atoms with Gasteiger partial charge in [0.25, 0.3) is 0 Å². The van der Waals surface area contributed by atoms with Crippen LogP contribution in [0.5, 0.6) is 0 Å². The van der Waals surface area contributed by atoms with Gasteiger partial charge in [-0.15, -0.1) is 6.58 Å². The summed E-state index contributed by atoms with van der Waals surface area (Å²) in [6, 6.07) is 0. The fraction of sp³-hybridized carbons (Fsp3) is 0.467. The molecule has 0 aromatic carbocycles. The van der Waals surface area contributed by atoms with Crippen LogP contribution < -0.4 is 0 Å². The number of nitrogens with zero attached hydrogens (tertiary/aromatic N) is 1. The highest BCUT2D eigenvalue weighted by Crippen LogP contribution is 2.34. The maximum atomic E-state index is 12.3. The monoisotopic (exact) mass is 247 g/mol. The number of amides is 2. The van der Waals surface area contributed by atoms with Crippen molar-refractivity contribution in [3.05, 3.63) is 37.5 Å². The molecule has 18 heavy (non-hydrogen) atoms. The van der Waals surface area contributed by atoms with Crippen LogP contribution >= 0.6 is 0 Å². The summed E-state index contributed by atoms with van der Waals surface area (Å²) < 4.78 is 0. The van der Waals surface area contributed by atoms with E-state index in [-0.39, 0.29) is 18.2 Å². The van der Waals surface area contributed by atoms with Gasteiger partial charge in [-0.2, -0.15) is 0 Å². The van der Waals surface area contributed by atoms with Crippen molar-refractivity contribution in [1.82, 2.24) is 4.90 Å². The van der Waals surface area contributed by atoms with Crippen molar-refractivity contribution in [2.75, 3.05) is 6.54 Å². The Balaban J connectivity index is 2.74. The molecule has 1 fully saturated rings. The summed E-state index contributed by atoms with van der Waals surface area (Å²) >= 11 is 0. The second-order valence-corrected chi connectivity index (χ2v) is 4.88. The highest BCUT2D eigenvalue weighted by Gasteiger charge is 2.40. The largest absolute Gasteiger partial charge is 0.282 e. The molecule has 98 valence electrons. The first-order valence-corrected chi connectivity index (χ1v) is 6.28. The minimum Gasteiger partial charge on any atom is -0.282 e. The number of likely N-dealkylation sites (tertiary alicyclic amines) is 1. The molecule has 3 heteroatoms. The third kappa shape index (κ3) is 3.19. The maximum Gasteiger partial charge on any atom is 0.235 e. The van der Waals surface area contributed by atoms with Crippen molar-refractivity contribution in [2.45, 2.75) is 32.6 Å². The first-order valence-electron chi connectivity index (χ1n) is 6.28. The molecule has 1 rings (SSSR count). The van der Waals surface area contributed by atoms with E-state index in [2.05, 4.69) is 13.2 Å². The Kier molecular flexibility index (Phi) is 5.08. The summed E-state index contributed by atoms with van der Waals surface area (Å²) in [7, 11) is 0. The van der Waals surface area contributed by atoms with E-state index in [0.29, 0.717) is 13.0 Å². The lowest BCUT2D eigenvalue weighted by Gasteiger charge is -2.37. The molecule has 0 unspecified atom stereocenters. The number of rotatable bonds is 5. The first-order chi connectivity index (χ1) is 8.55. The van der Waals surface area contributed by atoms with E-state index < -0.39 is 5.41 Å². The summed E-state index contributed by atoms with van der Waals surface area (Å²) in [6.45, 7) is 9.68. The molecular weight excluding hydrogens is 226 g/mol. The predicted octanol–water partition coefficient (Wildman–Crippen LogP) is 2.85. The van der Waals surface area contributed by atoms with Crippen molar-refractivity contribution in [3.63, 3.8) is 0 Å². The fourth-order valence-electron chi connectivity index (χ4n) is 2.28. The zero-order valence-electron chi connectivity index (χ0n) is 11.0. The Hall–Kier alpha value is -1.64. The van der Waals surface area contributed by atoms with Crippen LogP contribution in [0.3, 0.4) is 0 Å². The van der Waals surface area contributed by atoms with Crippen LogP contribution in [0.4, 0.5) is 0 Å². The lowest BCUT2D eigenvalue weighted by Crippen LogP contribution is -2.49. The van der Waals surface area contributed by atoms with Gasteiger partial charge in [-0.1, -0.05) is 37.8 Å². The lowest BCUT2D eigenvalue weighted by atomic mass is 9.78. The zero-order valence-corrected chi connectivity index (χ0v) is 11.0. The summed E-state index contributed by atoms with van der Waals surface area (Å²) in [5, 5.41) is 0. The van der Waals surface area contributed by atoms with E-state index in [1.807, 2.05) is 6.92 Å². The van der Waals surface area contributed by atoms with E-state index in [1.165, 1.54) is 4.90 Å². The van der Waals surface area contributed by atoms with Crippen LogP contribution in [0.1, 0.15) is 32.6 Å². The van der Waals surface area contributed by atoms with Crippen LogP contribution in [0, 0.1) is 5.41 Å². The van der Waals surface area contributed by atoms with E-state index in [9.17, 15) is 9.59 Å². The lowest BCUT2D eigenvalue weighted by molar-refractivity contribution is -0.154. The average molecular weight is 247 g/mol. The van der Waals surface area contributed by atoms with Crippen molar-refractivity contribution >= 4 is 11.8 Å². The summed E-state index contributed by atoms with van der Waals surface area (Å²) in [4.78, 5) is 25.7. The SMILES string of the molecule is C=C/C=C\CC(=O)N1CCC[C@@](C)(CC=C)C1=O. The fourth-order valence-corrected chi connectivity index (χ4v) is 2.28. The third-order valence-electron chi connectivity index (χ3n) is 3.33. The quantitative estimate of drug-likeness (QED) is 0.553. The first kappa shape index (κ1) is 14.4. The van der Waals surface area contributed by atoms with Crippen LogP contribution in [0.2, 0.25) is 0 Å². The molecule has 0 aromatic rings. The van der Waals surface area contributed by atoms with E-state index in [0.717, 1.165) is 12.8 Å². The van der Waals surface area contributed by atoms with Crippen molar-refractivity contribution < 1.29 is 9.59 Å². The van der Waals surface area contributed by atoms with Crippen molar-refractivity contribution in [3.8, 4) is 0 Å². The molecule has 0 spiro atoms. The summed E-state index contributed by atoms with van der Waals surface area (Å²) in [6.07, 6.45) is 9.38. The Morgan fingerprint density at radius 2 is 2.22 bits per heavy atom. The predicted molar refractivity (Wildman–Crippen MR) is 72.8 cm³/mol. The number of imide groups is 1. The van der Waals surface area contributed by atoms with Gasteiger partial charge in [0.2, 0.25) is 11.8 Å². The molecule has 0 saturated carbocycles. The average Bonchev–Trinajstić information content (AvgIpc) is 2.33. The van der Waals surface area contributed by atoms with Gasteiger partial charge in [-0.05, 0) is 19.3 Å². The van der Waals surface area contributed by atoms with Gasteiger partial charge in [0.1, 0.15) is 0 Å². The molecule has 3 nitrogen and oxygen atoms in total. The van der Waals surface area contributed by atoms with Crippen LogP contribution in [0.25, 0.3) is 0 Å². The molecule has 0 bridgehead atoms. The minimum atomic E-state index is -0.461. The van der Waals surface area contributed by atoms with E-state index >= 15 is 0 Å². The number of hydrogen-bond donors (Lipinski definition) is 0. The number of allylic oxidation sites excluding steroid dienone is 3. The molecule has 0 aromatic heterocycles. The van der Waals surface area contributed by atoms with Gasteiger partial charge in [0, 0.05) is 13.0 Å². The molecule has 1 saturated heterocycles. The van der Waals surface area contributed by atoms with Crippen LogP contribution in [0.15, 0.2) is 37.5 Å². The highest BCUT2D eigenvalue weighted by molar-refractivity contribution is 5.99. The second-order valence-electron chi connectivity index (χ2n) is 4.88. The molecular formula is C15H21NO2. The molecule has 1 atom stereocenters. The highest BCUT2D eigenvalue weighted by atomic mass is 16.2. The molecule has 0 radical (unpaired) electrons. The standard InChI is InChI=1S/C15H21NO2/c1-4-6-7-9-13(17)16-12-8-11-15(3,10-5-2)14(16)18/h4-7H,1-2,8-12H2,3H3/b7-6-/t15-/m1/s1. The second kappa shape index (κ2) is 6.34. The number of piperidine rings is 1. The normalized spacial score (nSPS) is 24.3. The number of hydrogen-bond acceptors (Lipinski definition) is 2. The molecule has 1 heterocycles.